The highest BCUT2D eigenvalue weighted by Gasteiger charge is 2.28. The van der Waals surface area contributed by atoms with Crippen LogP contribution in [0.4, 0.5) is 5.13 Å². The summed E-state index contributed by atoms with van der Waals surface area (Å²) in [6.07, 6.45) is 0. The summed E-state index contributed by atoms with van der Waals surface area (Å²) in [7, 11) is -1.24. The van der Waals surface area contributed by atoms with Crippen LogP contribution in [0.25, 0.3) is 0 Å². The van der Waals surface area contributed by atoms with Gasteiger partial charge < -0.3 is 9.80 Å². The molecule has 2 saturated heterocycles. The first kappa shape index (κ1) is 19.8. The Morgan fingerprint density at radius 2 is 1.64 bits per heavy atom. The van der Waals surface area contributed by atoms with Gasteiger partial charge in [-0.05, 0) is 19.2 Å². The number of piperazine rings is 2. The summed E-state index contributed by atoms with van der Waals surface area (Å²) in [6, 6.07) is 8.70. The third-order valence-corrected chi connectivity index (χ3v) is 8.27. The lowest BCUT2D eigenvalue weighted by atomic mass is 10.3. The normalized spacial score (nSPS) is 20.5. The molecular weight excluding hydrogens is 394 g/mol. The Balaban J connectivity index is 1.31. The molecule has 28 heavy (non-hydrogen) atoms. The topological polar surface area (TPSA) is 60.0 Å². The number of hydrogen-bond donors (Lipinski definition) is 0. The molecular formula is C19H27N5O2S2. The summed E-state index contributed by atoms with van der Waals surface area (Å²) < 4.78 is 27.1. The minimum atomic E-state index is -3.39. The Labute approximate surface area is 171 Å². The van der Waals surface area contributed by atoms with E-state index < -0.39 is 10.0 Å². The van der Waals surface area contributed by atoms with Crippen LogP contribution in [0, 0.1) is 0 Å². The van der Waals surface area contributed by atoms with E-state index in [9.17, 15) is 8.42 Å². The fourth-order valence-electron chi connectivity index (χ4n) is 3.61. The Morgan fingerprint density at radius 3 is 2.32 bits per heavy atom. The Hall–Kier alpha value is -1.52. The molecule has 2 aliphatic heterocycles. The van der Waals surface area contributed by atoms with Gasteiger partial charge in [0, 0.05) is 64.3 Å². The van der Waals surface area contributed by atoms with Crippen LogP contribution in [0.3, 0.4) is 0 Å². The Kier molecular flexibility index (Phi) is 5.98. The highest BCUT2D eigenvalue weighted by molar-refractivity contribution is 7.89. The molecule has 0 N–H and O–H groups in total. The molecule has 2 aromatic rings. The second-order valence-electron chi connectivity index (χ2n) is 7.41. The molecule has 0 spiro atoms. The fraction of sp³-hybridized carbons (Fsp3) is 0.526. The Morgan fingerprint density at radius 1 is 0.964 bits per heavy atom. The van der Waals surface area contributed by atoms with Crippen molar-refractivity contribution in [2.45, 2.75) is 11.4 Å². The summed E-state index contributed by atoms with van der Waals surface area (Å²) in [4.78, 5) is 12.2. The van der Waals surface area contributed by atoms with Gasteiger partial charge in [-0.2, -0.15) is 4.31 Å². The predicted octanol–water partition coefficient (Wildman–Crippen LogP) is 1.40. The second-order valence-corrected chi connectivity index (χ2v) is 10.2. The predicted molar refractivity (Wildman–Crippen MR) is 112 cm³/mol. The molecule has 4 rings (SSSR count). The molecule has 2 aliphatic rings. The minimum absolute atomic E-state index is 0.375. The van der Waals surface area contributed by atoms with Crippen molar-refractivity contribution >= 4 is 26.5 Å². The average molecular weight is 422 g/mol. The molecule has 0 amide bonds. The lowest BCUT2D eigenvalue weighted by Crippen LogP contribution is -2.48. The van der Waals surface area contributed by atoms with Crippen molar-refractivity contribution in [2.75, 3.05) is 64.3 Å². The average Bonchev–Trinajstić information content (AvgIpc) is 3.18. The first-order chi connectivity index (χ1) is 13.5. The van der Waals surface area contributed by atoms with Crippen LogP contribution >= 0.6 is 11.3 Å². The van der Waals surface area contributed by atoms with Gasteiger partial charge in [-0.25, -0.2) is 13.4 Å². The maximum atomic E-state index is 12.7. The van der Waals surface area contributed by atoms with Crippen molar-refractivity contribution < 1.29 is 8.42 Å². The van der Waals surface area contributed by atoms with Crippen LogP contribution in [-0.4, -0.2) is 86.9 Å². The highest BCUT2D eigenvalue weighted by Crippen LogP contribution is 2.23. The third kappa shape index (κ3) is 4.38. The number of rotatable bonds is 5. The highest BCUT2D eigenvalue weighted by atomic mass is 32.2. The molecule has 1 aromatic heterocycles. The van der Waals surface area contributed by atoms with E-state index in [1.165, 1.54) is 0 Å². The van der Waals surface area contributed by atoms with E-state index >= 15 is 0 Å². The summed E-state index contributed by atoms with van der Waals surface area (Å²) >= 11 is 1.71. The molecule has 152 valence electrons. The molecule has 0 bridgehead atoms. The standard InChI is InChI=1S/C19H27N5O2S2/c1-21-7-11-23(12-8-21)19-20-17(16-27-19)15-22-9-13-24(14-10-22)28(25,26)18-5-3-2-4-6-18/h2-6,16H,7-15H2,1H3. The van der Waals surface area contributed by atoms with Crippen molar-refractivity contribution in [3.8, 4) is 0 Å². The van der Waals surface area contributed by atoms with Gasteiger partial charge in [0.2, 0.25) is 10.0 Å². The van der Waals surface area contributed by atoms with E-state index in [4.69, 9.17) is 4.98 Å². The monoisotopic (exact) mass is 421 g/mol. The van der Waals surface area contributed by atoms with Gasteiger partial charge in [0.15, 0.2) is 5.13 Å². The van der Waals surface area contributed by atoms with E-state index in [-0.39, 0.29) is 0 Å². The van der Waals surface area contributed by atoms with Crippen molar-refractivity contribution in [1.29, 1.82) is 0 Å². The minimum Gasteiger partial charge on any atom is -0.346 e. The van der Waals surface area contributed by atoms with Gasteiger partial charge >= 0.3 is 0 Å². The molecule has 9 heteroatoms. The zero-order valence-electron chi connectivity index (χ0n) is 16.2. The van der Waals surface area contributed by atoms with E-state index in [1.807, 2.05) is 6.07 Å². The van der Waals surface area contributed by atoms with Gasteiger partial charge in [0.25, 0.3) is 0 Å². The third-order valence-electron chi connectivity index (χ3n) is 5.41. The number of hydrogen-bond acceptors (Lipinski definition) is 7. The van der Waals surface area contributed by atoms with Crippen molar-refractivity contribution in [1.82, 2.24) is 19.1 Å². The van der Waals surface area contributed by atoms with Crippen LogP contribution in [0.2, 0.25) is 0 Å². The zero-order chi connectivity index (χ0) is 19.6. The molecule has 7 nitrogen and oxygen atoms in total. The Bertz CT molecular complexity index is 871. The van der Waals surface area contributed by atoms with Crippen molar-refractivity contribution in [3.63, 3.8) is 0 Å². The maximum Gasteiger partial charge on any atom is 0.243 e. The van der Waals surface area contributed by atoms with E-state index in [2.05, 4.69) is 27.1 Å². The molecule has 1 aromatic carbocycles. The number of benzene rings is 1. The first-order valence-electron chi connectivity index (χ1n) is 9.68. The maximum absolute atomic E-state index is 12.7. The first-order valence-corrected chi connectivity index (χ1v) is 12.0. The van der Waals surface area contributed by atoms with Gasteiger partial charge in [0.1, 0.15) is 0 Å². The second kappa shape index (κ2) is 8.46. The number of likely N-dealkylation sites (N-methyl/N-ethyl adjacent to an activating group) is 1. The molecule has 0 unspecified atom stereocenters. The molecule has 0 saturated carbocycles. The molecule has 3 heterocycles. The number of nitrogens with zero attached hydrogens (tertiary/aromatic N) is 5. The summed E-state index contributed by atoms with van der Waals surface area (Å²) in [5.41, 5.74) is 1.08. The van der Waals surface area contributed by atoms with Gasteiger partial charge in [-0.3, -0.25) is 4.90 Å². The summed E-state index contributed by atoms with van der Waals surface area (Å²) in [5.74, 6) is 0. The SMILES string of the molecule is CN1CCN(c2nc(CN3CCN(S(=O)(=O)c4ccccc4)CC3)cs2)CC1. The van der Waals surface area contributed by atoms with Gasteiger partial charge in [0.05, 0.1) is 10.6 Å². The molecule has 0 radical (unpaired) electrons. The number of thiazole rings is 1. The van der Waals surface area contributed by atoms with Crippen LogP contribution in [0.5, 0.6) is 0 Å². The lowest BCUT2D eigenvalue weighted by molar-refractivity contribution is 0.180. The van der Waals surface area contributed by atoms with Crippen LogP contribution in [-0.2, 0) is 16.6 Å². The van der Waals surface area contributed by atoms with Crippen LogP contribution in [0.15, 0.2) is 40.6 Å². The van der Waals surface area contributed by atoms with E-state index in [0.717, 1.165) is 56.6 Å². The van der Waals surface area contributed by atoms with Crippen molar-refractivity contribution in [3.05, 3.63) is 41.4 Å². The molecule has 0 aliphatic carbocycles. The van der Waals surface area contributed by atoms with E-state index in [0.29, 0.717) is 18.0 Å². The molecule has 0 atom stereocenters. The summed E-state index contributed by atoms with van der Waals surface area (Å²) in [5, 5.41) is 3.24. The largest absolute Gasteiger partial charge is 0.346 e. The number of anilines is 1. The number of sulfonamides is 1. The zero-order valence-corrected chi connectivity index (χ0v) is 17.8. The van der Waals surface area contributed by atoms with Gasteiger partial charge in [-0.1, -0.05) is 18.2 Å². The summed E-state index contributed by atoms with van der Waals surface area (Å²) in [6.45, 7) is 7.49. The lowest BCUT2D eigenvalue weighted by Gasteiger charge is -2.33. The smallest absolute Gasteiger partial charge is 0.243 e. The van der Waals surface area contributed by atoms with Crippen LogP contribution < -0.4 is 4.90 Å². The molecule has 2 fully saturated rings. The fourth-order valence-corrected chi connectivity index (χ4v) is 5.92. The van der Waals surface area contributed by atoms with Crippen LogP contribution in [0.1, 0.15) is 5.69 Å². The van der Waals surface area contributed by atoms with Gasteiger partial charge in [-0.15, -0.1) is 11.3 Å². The van der Waals surface area contributed by atoms with E-state index in [1.54, 1.807) is 39.9 Å². The quantitative estimate of drug-likeness (QED) is 0.727. The number of aromatic nitrogens is 1. The van der Waals surface area contributed by atoms with Crippen molar-refractivity contribution in [2.24, 2.45) is 0 Å².